The standard InChI is InChI=1S/C25H27N3O4/c1-17(19-6-3-2-4-7-19)23(30)26-14-18-9-11-20(12-10-18)24-27-22(16-32-24)25(31)28-13-5-8-21(29)15-28/h2-4,6-7,9-12,16-17,21,29H,5,8,13-15H2,1H3,(H,26,30). The zero-order valence-electron chi connectivity index (χ0n) is 18.0. The van der Waals surface area contributed by atoms with Crippen LogP contribution >= 0.6 is 0 Å². The van der Waals surface area contributed by atoms with Crippen LogP contribution in [0.5, 0.6) is 0 Å². The number of benzene rings is 2. The van der Waals surface area contributed by atoms with Crippen LogP contribution in [0.4, 0.5) is 0 Å². The molecule has 3 aromatic rings. The third-order valence-corrected chi connectivity index (χ3v) is 5.77. The molecule has 4 rings (SSSR count). The molecule has 0 aliphatic carbocycles. The minimum atomic E-state index is -0.484. The highest BCUT2D eigenvalue weighted by molar-refractivity contribution is 5.92. The molecule has 166 valence electrons. The predicted molar refractivity (Wildman–Crippen MR) is 120 cm³/mol. The van der Waals surface area contributed by atoms with Gasteiger partial charge in [-0.15, -0.1) is 0 Å². The number of carbonyl (C=O) groups is 2. The molecular weight excluding hydrogens is 406 g/mol. The van der Waals surface area contributed by atoms with E-state index in [0.29, 0.717) is 31.9 Å². The van der Waals surface area contributed by atoms with Gasteiger partial charge in [0.05, 0.1) is 12.0 Å². The second-order valence-electron chi connectivity index (χ2n) is 8.13. The van der Waals surface area contributed by atoms with Gasteiger partial charge in [-0.2, -0.15) is 0 Å². The second-order valence-corrected chi connectivity index (χ2v) is 8.13. The topological polar surface area (TPSA) is 95.7 Å². The van der Waals surface area contributed by atoms with Crippen molar-refractivity contribution < 1.29 is 19.1 Å². The van der Waals surface area contributed by atoms with Crippen LogP contribution in [0.25, 0.3) is 11.5 Å². The lowest BCUT2D eigenvalue weighted by molar-refractivity contribution is -0.122. The van der Waals surface area contributed by atoms with Gasteiger partial charge in [0.15, 0.2) is 5.69 Å². The molecule has 2 unspecified atom stereocenters. The highest BCUT2D eigenvalue weighted by atomic mass is 16.3. The smallest absolute Gasteiger partial charge is 0.275 e. The molecule has 1 aromatic heterocycles. The Kier molecular flexibility index (Phi) is 6.66. The van der Waals surface area contributed by atoms with E-state index in [-0.39, 0.29) is 23.4 Å². The van der Waals surface area contributed by atoms with Crippen LogP contribution in [0.3, 0.4) is 0 Å². The van der Waals surface area contributed by atoms with Gasteiger partial charge in [0.25, 0.3) is 5.91 Å². The minimum Gasteiger partial charge on any atom is -0.444 e. The zero-order chi connectivity index (χ0) is 22.5. The number of hydrogen-bond acceptors (Lipinski definition) is 5. The van der Waals surface area contributed by atoms with Crippen LogP contribution in [0.15, 0.2) is 65.3 Å². The number of nitrogens with zero attached hydrogens (tertiary/aromatic N) is 2. The quantitative estimate of drug-likeness (QED) is 0.622. The third kappa shape index (κ3) is 5.06. The fourth-order valence-corrected chi connectivity index (χ4v) is 3.81. The van der Waals surface area contributed by atoms with Gasteiger partial charge in [0.2, 0.25) is 11.8 Å². The maximum Gasteiger partial charge on any atom is 0.275 e. The van der Waals surface area contributed by atoms with Gasteiger partial charge in [-0.1, -0.05) is 42.5 Å². The maximum absolute atomic E-state index is 12.6. The largest absolute Gasteiger partial charge is 0.444 e. The number of β-amino-alcohol motifs (C(OH)–C–C–N with tert-alkyl or cyclic N) is 1. The molecule has 0 saturated carbocycles. The average Bonchev–Trinajstić information content (AvgIpc) is 3.33. The third-order valence-electron chi connectivity index (χ3n) is 5.77. The lowest BCUT2D eigenvalue weighted by Crippen LogP contribution is -2.42. The number of aromatic nitrogens is 1. The number of nitrogens with one attached hydrogen (secondary N) is 1. The summed E-state index contributed by atoms with van der Waals surface area (Å²) in [6, 6.07) is 17.2. The van der Waals surface area contributed by atoms with Crippen LogP contribution in [-0.2, 0) is 11.3 Å². The van der Waals surface area contributed by atoms with Crippen molar-refractivity contribution in [1.29, 1.82) is 0 Å². The molecule has 0 radical (unpaired) electrons. The number of hydrogen-bond donors (Lipinski definition) is 2. The molecule has 2 aromatic carbocycles. The molecule has 1 saturated heterocycles. The fourth-order valence-electron chi connectivity index (χ4n) is 3.81. The second kappa shape index (κ2) is 9.78. The van der Waals surface area contributed by atoms with E-state index >= 15 is 0 Å². The van der Waals surface area contributed by atoms with Crippen molar-refractivity contribution >= 4 is 11.8 Å². The predicted octanol–water partition coefficient (Wildman–Crippen LogP) is 3.36. The Labute approximate surface area is 187 Å². The Morgan fingerprint density at radius 2 is 1.94 bits per heavy atom. The zero-order valence-corrected chi connectivity index (χ0v) is 18.0. The Bertz CT molecular complexity index is 1060. The van der Waals surface area contributed by atoms with Crippen LogP contribution in [-0.4, -0.2) is 46.0 Å². The normalized spacial score (nSPS) is 17.1. The van der Waals surface area contributed by atoms with Crippen molar-refractivity contribution in [2.45, 2.75) is 38.3 Å². The number of aliphatic hydroxyl groups is 1. The summed E-state index contributed by atoms with van der Waals surface area (Å²) in [7, 11) is 0. The van der Waals surface area contributed by atoms with Crippen molar-refractivity contribution in [3.05, 3.63) is 77.7 Å². The van der Waals surface area contributed by atoms with E-state index in [0.717, 1.165) is 23.1 Å². The first kappa shape index (κ1) is 21.8. The molecule has 0 bridgehead atoms. The van der Waals surface area contributed by atoms with E-state index in [2.05, 4.69) is 10.3 Å². The summed E-state index contributed by atoms with van der Waals surface area (Å²) < 4.78 is 5.52. The van der Waals surface area contributed by atoms with E-state index in [9.17, 15) is 14.7 Å². The summed E-state index contributed by atoms with van der Waals surface area (Å²) in [4.78, 5) is 31.0. The van der Waals surface area contributed by atoms with E-state index in [1.165, 1.54) is 6.26 Å². The summed E-state index contributed by atoms with van der Waals surface area (Å²) in [6.07, 6.45) is 2.37. The molecule has 7 nitrogen and oxygen atoms in total. The maximum atomic E-state index is 12.6. The van der Waals surface area contributed by atoms with Crippen LogP contribution in [0.2, 0.25) is 0 Å². The van der Waals surface area contributed by atoms with Gasteiger partial charge in [-0.05, 0) is 43.0 Å². The van der Waals surface area contributed by atoms with Crippen molar-refractivity contribution in [3.63, 3.8) is 0 Å². The fraction of sp³-hybridized carbons (Fsp3) is 0.320. The van der Waals surface area contributed by atoms with E-state index in [4.69, 9.17) is 4.42 Å². The highest BCUT2D eigenvalue weighted by Gasteiger charge is 2.25. The number of rotatable bonds is 6. The summed E-state index contributed by atoms with van der Waals surface area (Å²) in [5, 5.41) is 12.8. The van der Waals surface area contributed by atoms with Gasteiger partial charge in [0, 0.05) is 25.2 Å². The van der Waals surface area contributed by atoms with Crippen molar-refractivity contribution in [2.24, 2.45) is 0 Å². The molecule has 1 aliphatic heterocycles. The Hall–Kier alpha value is -3.45. The average molecular weight is 434 g/mol. The van der Waals surface area contributed by atoms with Gasteiger partial charge in [-0.3, -0.25) is 9.59 Å². The summed E-state index contributed by atoms with van der Waals surface area (Å²) in [6.45, 7) is 3.24. The summed E-state index contributed by atoms with van der Waals surface area (Å²) in [5.74, 6) is -0.122. The number of likely N-dealkylation sites (tertiary alicyclic amines) is 1. The molecule has 2 heterocycles. The van der Waals surface area contributed by atoms with Crippen molar-refractivity contribution in [2.75, 3.05) is 13.1 Å². The Morgan fingerprint density at radius 3 is 2.66 bits per heavy atom. The number of amides is 2. The molecular formula is C25H27N3O4. The number of piperidine rings is 1. The molecule has 2 amide bonds. The summed E-state index contributed by atoms with van der Waals surface area (Å²) >= 11 is 0. The van der Waals surface area contributed by atoms with Gasteiger partial charge in [-0.25, -0.2) is 4.98 Å². The molecule has 2 atom stereocenters. The van der Waals surface area contributed by atoms with E-state index in [1.807, 2.05) is 61.5 Å². The first-order chi connectivity index (χ1) is 15.5. The van der Waals surface area contributed by atoms with Crippen LogP contribution in [0, 0.1) is 0 Å². The highest BCUT2D eigenvalue weighted by Crippen LogP contribution is 2.21. The lowest BCUT2D eigenvalue weighted by Gasteiger charge is -2.29. The van der Waals surface area contributed by atoms with E-state index < -0.39 is 6.10 Å². The van der Waals surface area contributed by atoms with Crippen molar-refractivity contribution in [1.82, 2.24) is 15.2 Å². The monoisotopic (exact) mass is 433 g/mol. The van der Waals surface area contributed by atoms with Crippen molar-refractivity contribution in [3.8, 4) is 11.5 Å². The lowest BCUT2D eigenvalue weighted by atomic mass is 10.0. The molecule has 0 spiro atoms. The first-order valence-electron chi connectivity index (χ1n) is 10.9. The SMILES string of the molecule is CC(C(=O)NCc1ccc(-c2nc(C(=O)N3CCCC(O)C3)co2)cc1)c1ccccc1. The van der Waals surface area contributed by atoms with Crippen LogP contribution < -0.4 is 5.32 Å². The molecule has 32 heavy (non-hydrogen) atoms. The van der Waals surface area contributed by atoms with Gasteiger partial charge < -0.3 is 19.7 Å². The van der Waals surface area contributed by atoms with Gasteiger partial charge in [0.1, 0.15) is 6.26 Å². The number of aliphatic hydroxyl groups excluding tert-OH is 1. The molecule has 2 N–H and O–H groups in total. The Balaban J connectivity index is 1.35. The van der Waals surface area contributed by atoms with Gasteiger partial charge >= 0.3 is 0 Å². The van der Waals surface area contributed by atoms with Crippen LogP contribution in [0.1, 0.15) is 47.3 Å². The molecule has 1 fully saturated rings. The Morgan fingerprint density at radius 1 is 1.19 bits per heavy atom. The minimum absolute atomic E-state index is 0.0287. The van der Waals surface area contributed by atoms with E-state index in [1.54, 1.807) is 4.90 Å². The number of carbonyl (C=O) groups excluding carboxylic acids is 2. The molecule has 1 aliphatic rings. The number of oxazole rings is 1. The summed E-state index contributed by atoms with van der Waals surface area (Å²) in [5.41, 5.74) is 2.91. The molecule has 7 heteroatoms. The first-order valence-corrected chi connectivity index (χ1v) is 10.9.